The lowest BCUT2D eigenvalue weighted by Gasteiger charge is -2.39. The Morgan fingerprint density at radius 3 is 2.38 bits per heavy atom. The molecule has 0 spiro atoms. The molecule has 1 fully saturated rings. The van der Waals surface area contributed by atoms with Crippen LogP contribution in [0.1, 0.15) is 22.8 Å². The molecule has 1 aliphatic heterocycles. The zero-order valence-corrected chi connectivity index (χ0v) is 14.6. The van der Waals surface area contributed by atoms with Crippen LogP contribution in [0.2, 0.25) is 0 Å². The summed E-state index contributed by atoms with van der Waals surface area (Å²) in [5.74, 6) is -0.362. The van der Waals surface area contributed by atoms with Crippen LogP contribution in [0.25, 0.3) is 0 Å². The zero-order valence-electron chi connectivity index (χ0n) is 14.6. The van der Waals surface area contributed by atoms with E-state index in [2.05, 4.69) is 0 Å². The van der Waals surface area contributed by atoms with Crippen molar-refractivity contribution in [1.82, 2.24) is 4.90 Å². The van der Waals surface area contributed by atoms with Crippen LogP contribution in [0.5, 0.6) is 0 Å². The molecule has 3 rings (SSSR count). The number of anilines is 1. The second-order valence-electron chi connectivity index (χ2n) is 6.25. The number of carbonyl (C=O) groups is 2. The van der Waals surface area contributed by atoms with Crippen molar-refractivity contribution >= 4 is 23.2 Å². The number of piperazine rings is 1. The molecule has 0 unspecified atom stereocenters. The van der Waals surface area contributed by atoms with E-state index < -0.39 is 11.0 Å². The SMILES string of the molecule is Cc1ccccc1C(=O)N1CCN(c2ccc([N+](=O)[O-])cc2)C(=O)[C@H]1C. The van der Waals surface area contributed by atoms with Gasteiger partial charge in [-0.1, -0.05) is 18.2 Å². The van der Waals surface area contributed by atoms with Crippen LogP contribution in [0.15, 0.2) is 48.5 Å². The van der Waals surface area contributed by atoms with Gasteiger partial charge in [-0.2, -0.15) is 0 Å². The predicted molar refractivity (Wildman–Crippen MR) is 97.1 cm³/mol. The van der Waals surface area contributed by atoms with Crippen molar-refractivity contribution in [3.63, 3.8) is 0 Å². The maximum atomic E-state index is 12.8. The third kappa shape index (κ3) is 3.15. The topological polar surface area (TPSA) is 83.8 Å². The molecule has 134 valence electrons. The van der Waals surface area contributed by atoms with Gasteiger partial charge in [0.15, 0.2) is 0 Å². The number of rotatable bonds is 3. The Morgan fingerprint density at radius 2 is 1.77 bits per heavy atom. The highest BCUT2D eigenvalue weighted by molar-refractivity contribution is 6.03. The van der Waals surface area contributed by atoms with Gasteiger partial charge in [-0.3, -0.25) is 19.7 Å². The lowest BCUT2D eigenvalue weighted by molar-refractivity contribution is -0.384. The molecule has 26 heavy (non-hydrogen) atoms. The number of amides is 2. The van der Waals surface area contributed by atoms with E-state index in [4.69, 9.17) is 0 Å². The highest BCUT2D eigenvalue weighted by Gasteiger charge is 2.35. The Morgan fingerprint density at radius 1 is 1.12 bits per heavy atom. The van der Waals surface area contributed by atoms with E-state index in [1.54, 1.807) is 41.0 Å². The normalized spacial score (nSPS) is 17.3. The largest absolute Gasteiger partial charge is 0.325 e. The Bertz CT molecular complexity index is 863. The molecule has 0 aromatic heterocycles. The first-order valence-electron chi connectivity index (χ1n) is 8.32. The van der Waals surface area contributed by atoms with Crippen LogP contribution in [0.3, 0.4) is 0 Å². The summed E-state index contributed by atoms with van der Waals surface area (Å²) < 4.78 is 0. The number of nitro groups is 1. The smallest absolute Gasteiger partial charge is 0.269 e. The van der Waals surface area contributed by atoms with Gasteiger partial charge in [0.1, 0.15) is 6.04 Å². The van der Waals surface area contributed by atoms with E-state index in [1.165, 1.54) is 12.1 Å². The Balaban J connectivity index is 1.79. The van der Waals surface area contributed by atoms with Crippen molar-refractivity contribution in [2.24, 2.45) is 0 Å². The van der Waals surface area contributed by atoms with Gasteiger partial charge >= 0.3 is 0 Å². The van der Waals surface area contributed by atoms with Crippen molar-refractivity contribution in [3.8, 4) is 0 Å². The van der Waals surface area contributed by atoms with Crippen LogP contribution >= 0.6 is 0 Å². The lowest BCUT2D eigenvalue weighted by atomic mass is 10.0. The molecular formula is C19H19N3O4. The molecule has 7 nitrogen and oxygen atoms in total. The lowest BCUT2D eigenvalue weighted by Crippen LogP contribution is -2.57. The van der Waals surface area contributed by atoms with Crippen molar-refractivity contribution in [1.29, 1.82) is 0 Å². The summed E-state index contributed by atoms with van der Waals surface area (Å²) >= 11 is 0. The summed E-state index contributed by atoms with van der Waals surface area (Å²) in [6.45, 7) is 4.32. The van der Waals surface area contributed by atoms with Gasteiger partial charge in [0.2, 0.25) is 5.91 Å². The fourth-order valence-electron chi connectivity index (χ4n) is 3.13. The average molecular weight is 353 g/mol. The molecule has 7 heteroatoms. The molecule has 0 saturated carbocycles. The number of carbonyl (C=O) groups excluding carboxylic acids is 2. The minimum atomic E-state index is -0.606. The number of non-ortho nitro benzene ring substituents is 1. The van der Waals surface area contributed by atoms with E-state index in [9.17, 15) is 19.7 Å². The van der Waals surface area contributed by atoms with Crippen LogP contribution < -0.4 is 4.90 Å². The van der Waals surface area contributed by atoms with Gasteiger partial charge < -0.3 is 9.80 Å². The van der Waals surface area contributed by atoms with Crippen LogP contribution in [0, 0.1) is 17.0 Å². The quantitative estimate of drug-likeness (QED) is 0.627. The van der Waals surface area contributed by atoms with Gasteiger partial charge in [0.05, 0.1) is 4.92 Å². The Hall–Kier alpha value is -3.22. The van der Waals surface area contributed by atoms with Crippen molar-refractivity contribution in [2.45, 2.75) is 19.9 Å². The van der Waals surface area contributed by atoms with Crippen molar-refractivity contribution in [2.75, 3.05) is 18.0 Å². The van der Waals surface area contributed by atoms with Gasteiger partial charge in [-0.05, 0) is 37.6 Å². The summed E-state index contributed by atoms with van der Waals surface area (Å²) in [5, 5.41) is 10.8. The second-order valence-corrected chi connectivity index (χ2v) is 6.25. The van der Waals surface area contributed by atoms with Gasteiger partial charge in [0.25, 0.3) is 11.6 Å². The molecule has 2 amide bonds. The minimum Gasteiger partial charge on any atom is -0.325 e. The fraction of sp³-hybridized carbons (Fsp3) is 0.263. The molecule has 0 radical (unpaired) electrons. The molecule has 2 aromatic rings. The Kier molecular flexibility index (Phi) is 4.71. The first kappa shape index (κ1) is 17.6. The summed E-state index contributed by atoms with van der Waals surface area (Å²) in [5.41, 5.74) is 2.03. The third-order valence-corrected chi connectivity index (χ3v) is 4.66. The molecule has 1 heterocycles. The number of benzene rings is 2. The summed E-state index contributed by atoms with van der Waals surface area (Å²) in [6, 6.07) is 12.6. The van der Waals surface area contributed by atoms with Crippen LogP contribution in [-0.4, -0.2) is 40.8 Å². The molecule has 1 aliphatic rings. The van der Waals surface area contributed by atoms with Crippen LogP contribution in [-0.2, 0) is 4.79 Å². The average Bonchev–Trinajstić information content (AvgIpc) is 2.64. The van der Waals surface area contributed by atoms with Crippen LogP contribution in [0.4, 0.5) is 11.4 Å². The molecular weight excluding hydrogens is 334 g/mol. The minimum absolute atomic E-state index is 0.0254. The van der Waals surface area contributed by atoms with E-state index in [0.29, 0.717) is 24.3 Å². The molecule has 2 aromatic carbocycles. The monoisotopic (exact) mass is 353 g/mol. The van der Waals surface area contributed by atoms with E-state index in [1.807, 2.05) is 19.1 Å². The third-order valence-electron chi connectivity index (χ3n) is 4.66. The standard InChI is InChI=1S/C19H19N3O4/c1-13-5-3-4-6-17(13)19(24)20-11-12-21(18(23)14(20)2)15-7-9-16(10-8-15)22(25)26/h3-10,14H,11-12H2,1-2H3/t14-/m1/s1. The number of hydrogen-bond donors (Lipinski definition) is 0. The predicted octanol–water partition coefficient (Wildman–Crippen LogP) is 2.78. The van der Waals surface area contributed by atoms with E-state index >= 15 is 0 Å². The first-order valence-corrected chi connectivity index (χ1v) is 8.32. The molecule has 0 N–H and O–H groups in total. The van der Waals surface area contributed by atoms with E-state index in [-0.39, 0.29) is 17.5 Å². The maximum Gasteiger partial charge on any atom is 0.269 e. The number of nitrogens with zero attached hydrogens (tertiary/aromatic N) is 3. The van der Waals surface area contributed by atoms with Gasteiger partial charge in [0, 0.05) is 36.5 Å². The Labute approximate surface area is 151 Å². The van der Waals surface area contributed by atoms with Crippen molar-refractivity contribution < 1.29 is 14.5 Å². The second kappa shape index (κ2) is 6.95. The van der Waals surface area contributed by atoms with Gasteiger partial charge in [-0.25, -0.2) is 0 Å². The highest BCUT2D eigenvalue weighted by atomic mass is 16.6. The first-order chi connectivity index (χ1) is 12.4. The molecule has 0 bridgehead atoms. The summed E-state index contributed by atoms with van der Waals surface area (Å²) in [4.78, 5) is 39.0. The number of nitro benzene ring substituents is 1. The van der Waals surface area contributed by atoms with E-state index in [0.717, 1.165) is 5.56 Å². The molecule has 1 atom stereocenters. The zero-order chi connectivity index (χ0) is 18.8. The highest BCUT2D eigenvalue weighted by Crippen LogP contribution is 2.24. The number of hydrogen-bond acceptors (Lipinski definition) is 4. The molecule has 1 saturated heterocycles. The van der Waals surface area contributed by atoms with Crippen molar-refractivity contribution in [3.05, 3.63) is 69.8 Å². The van der Waals surface area contributed by atoms with Gasteiger partial charge in [-0.15, -0.1) is 0 Å². The summed E-state index contributed by atoms with van der Waals surface area (Å²) in [7, 11) is 0. The molecule has 0 aliphatic carbocycles. The number of aryl methyl sites for hydroxylation is 1. The maximum absolute atomic E-state index is 12.8. The summed E-state index contributed by atoms with van der Waals surface area (Å²) in [6.07, 6.45) is 0. The fourth-order valence-corrected chi connectivity index (χ4v) is 3.13.